The first kappa shape index (κ1) is 22.2. The predicted molar refractivity (Wildman–Crippen MR) is 108 cm³/mol. The summed E-state index contributed by atoms with van der Waals surface area (Å²) < 4.78 is 1.86. The van der Waals surface area contributed by atoms with Crippen LogP contribution in [0.15, 0.2) is 17.3 Å². The van der Waals surface area contributed by atoms with Crippen LogP contribution in [0.2, 0.25) is 0 Å². The van der Waals surface area contributed by atoms with E-state index in [1.165, 1.54) is 13.0 Å². The second kappa shape index (κ2) is 13.6. The van der Waals surface area contributed by atoms with Crippen LogP contribution in [0.1, 0.15) is 39.3 Å². The molecule has 7 heteroatoms. The third-order valence-corrected chi connectivity index (χ3v) is 3.75. The largest absolute Gasteiger partial charge is 0.357 e. The van der Waals surface area contributed by atoms with Crippen molar-refractivity contribution in [3.05, 3.63) is 18.0 Å². The Hall–Kier alpha value is -0.830. The molecule has 0 aromatic carbocycles. The molecule has 0 saturated heterocycles. The first-order valence-corrected chi connectivity index (χ1v) is 8.42. The maximum Gasteiger partial charge on any atom is 0.191 e. The van der Waals surface area contributed by atoms with E-state index in [0.717, 1.165) is 44.3 Å². The monoisotopic (exact) mass is 436 g/mol. The summed E-state index contributed by atoms with van der Waals surface area (Å²) >= 11 is 0. The molecule has 0 bridgehead atoms. The number of nitrogens with zero attached hydrogens (tertiary/aromatic N) is 4. The molecule has 2 N–H and O–H groups in total. The molecular weight excluding hydrogens is 403 g/mol. The number of hydrogen-bond acceptors (Lipinski definition) is 3. The molecule has 0 spiro atoms. The molecule has 0 saturated carbocycles. The summed E-state index contributed by atoms with van der Waals surface area (Å²) in [6.07, 6.45) is 4.18. The summed E-state index contributed by atoms with van der Waals surface area (Å²) in [5.74, 6) is 0.881. The zero-order chi connectivity index (χ0) is 16.2. The second-order valence-corrected chi connectivity index (χ2v) is 5.30. The number of rotatable bonds is 10. The minimum Gasteiger partial charge on any atom is -0.357 e. The van der Waals surface area contributed by atoms with Gasteiger partial charge in [-0.05, 0) is 45.5 Å². The number of guanidine groups is 1. The Bertz CT molecular complexity index is 428. The van der Waals surface area contributed by atoms with Crippen molar-refractivity contribution in [3.8, 4) is 0 Å². The lowest BCUT2D eigenvalue weighted by atomic mass is 10.3. The summed E-state index contributed by atoms with van der Waals surface area (Å²) in [6, 6.07) is 2.00. The Morgan fingerprint density at radius 1 is 1.22 bits per heavy atom. The summed E-state index contributed by atoms with van der Waals surface area (Å²) in [4.78, 5) is 7.07. The van der Waals surface area contributed by atoms with Crippen LogP contribution in [-0.4, -0.2) is 53.4 Å². The number of nitrogens with one attached hydrogen (secondary N) is 2. The highest BCUT2D eigenvalue weighted by atomic mass is 127. The van der Waals surface area contributed by atoms with Gasteiger partial charge in [0.2, 0.25) is 0 Å². The highest BCUT2D eigenvalue weighted by molar-refractivity contribution is 14.0. The second-order valence-electron chi connectivity index (χ2n) is 5.30. The van der Waals surface area contributed by atoms with Crippen molar-refractivity contribution in [1.29, 1.82) is 0 Å². The first-order valence-electron chi connectivity index (χ1n) is 8.42. The van der Waals surface area contributed by atoms with E-state index in [1.54, 1.807) is 6.20 Å². The van der Waals surface area contributed by atoms with E-state index in [9.17, 15) is 0 Å². The van der Waals surface area contributed by atoms with Gasteiger partial charge < -0.3 is 15.5 Å². The van der Waals surface area contributed by atoms with Gasteiger partial charge in [0.05, 0.1) is 12.2 Å². The van der Waals surface area contributed by atoms with E-state index < -0.39 is 0 Å². The Morgan fingerprint density at radius 3 is 2.52 bits per heavy atom. The number of aryl methyl sites for hydroxylation is 1. The number of hydrogen-bond donors (Lipinski definition) is 2. The van der Waals surface area contributed by atoms with Crippen molar-refractivity contribution < 1.29 is 0 Å². The van der Waals surface area contributed by atoms with Crippen LogP contribution in [0.25, 0.3) is 0 Å². The van der Waals surface area contributed by atoms with Crippen LogP contribution >= 0.6 is 24.0 Å². The Labute approximate surface area is 158 Å². The molecule has 0 aliphatic carbocycles. The van der Waals surface area contributed by atoms with Crippen LogP contribution in [0, 0.1) is 0 Å². The minimum absolute atomic E-state index is 0. The fourth-order valence-electron chi connectivity index (χ4n) is 2.27. The number of aliphatic imine (C=N–C) groups is 1. The van der Waals surface area contributed by atoms with Gasteiger partial charge in [0.15, 0.2) is 5.96 Å². The summed E-state index contributed by atoms with van der Waals surface area (Å²) in [7, 11) is 1.94. The maximum atomic E-state index is 4.61. The Morgan fingerprint density at radius 2 is 1.96 bits per heavy atom. The number of halogens is 1. The molecule has 1 aromatic heterocycles. The van der Waals surface area contributed by atoms with Gasteiger partial charge in [-0.2, -0.15) is 5.10 Å². The quantitative estimate of drug-likeness (QED) is 0.256. The summed E-state index contributed by atoms with van der Waals surface area (Å²) in [6.45, 7) is 12.4. The molecule has 23 heavy (non-hydrogen) atoms. The Kier molecular flexibility index (Phi) is 13.1. The topological polar surface area (TPSA) is 57.5 Å². The van der Waals surface area contributed by atoms with Gasteiger partial charge in [-0.3, -0.25) is 4.68 Å². The van der Waals surface area contributed by atoms with Gasteiger partial charge in [-0.25, -0.2) is 4.99 Å². The zero-order valence-electron chi connectivity index (χ0n) is 15.0. The zero-order valence-corrected chi connectivity index (χ0v) is 17.3. The van der Waals surface area contributed by atoms with Gasteiger partial charge >= 0.3 is 0 Å². The lowest BCUT2D eigenvalue weighted by Gasteiger charge is -2.18. The number of unbranched alkanes of at least 4 members (excludes halogenated alkanes) is 1. The van der Waals surface area contributed by atoms with Crippen molar-refractivity contribution in [2.24, 2.45) is 12.0 Å². The van der Waals surface area contributed by atoms with Crippen molar-refractivity contribution in [2.75, 3.05) is 32.7 Å². The molecule has 6 nitrogen and oxygen atoms in total. The first-order chi connectivity index (χ1) is 10.7. The standard InChI is InChI=1S/C16H32N6.HI/c1-5-17-16(19-14-15-10-12-20-21(15)4)18-11-8-9-13-22(6-2)7-3;/h10,12H,5-9,11,13-14H2,1-4H3,(H2,17,18,19);1H. The highest BCUT2D eigenvalue weighted by Crippen LogP contribution is 1.98. The fraction of sp³-hybridized carbons (Fsp3) is 0.750. The van der Waals surface area contributed by atoms with Crippen LogP contribution in [0.5, 0.6) is 0 Å². The average Bonchev–Trinajstić information content (AvgIpc) is 2.93. The van der Waals surface area contributed by atoms with Gasteiger partial charge in [-0.1, -0.05) is 13.8 Å². The van der Waals surface area contributed by atoms with E-state index in [-0.39, 0.29) is 24.0 Å². The van der Waals surface area contributed by atoms with Crippen molar-refractivity contribution in [1.82, 2.24) is 25.3 Å². The molecule has 1 heterocycles. The maximum absolute atomic E-state index is 4.61. The van der Waals surface area contributed by atoms with Crippen LogP contribution < -0.4 is 10.6 Å². The molecule has 1 rings (SSSR count). The molecule has 0 fully saturated rings. The predicted octanol–water partition coefficient (Wildman–Crippen LogP) is 2.22. The molecule has 0 radical (unpaired) electrons. The molecule has 0 aliphatic heterocycles. The van der Waals surface area contributed by atoms with Gasteiger partial charge in [-0.15, -0.1) is 24.0 Å². The van der Waals surface area contributed by atoms with E-state index in [4.69, 9.17) is 0 Å². The summed E-state index contributed by atoms with van der Waals surface area (Å²) in [5.41, 5.74) is 1.11. The smallest absolute Gasteiger partial charge is 0.191 e. The minimum atomic E-state index is 0. The van der Waals surface area contributed by atoms with Crippen molar-refractivity contribution in [2.45, 2.75) is 40.2 Å². The van der Waals surface area contributed by atoms with E-state index in [1.807, 2.05) is 17.8 Å². The van der Waals surface area contributed by atoms with Gasteiger partial charge in [0.25, 0.3) is 0 Å². The van der Waals surface area contributed by atoms with Gasteiger partial charge in [0, 0.05) is 26.3 Å². The molecule has 0 atom stereocenters. The van der Waals surface area contributed by atoms with Crippen LogP contribution in [-0.2, 0) is 13.6 Å². The lowest BCUT2D eigenvalue weighted by molar-refractivity contribution is 0.297. The molecule has 0 aliphatic rings. The molecule has 1 aromatic rings. The SMILES string of the molecule is CCNC(=NCc1ccnn1C)NCCCCN(CC)CC.I. The third-order valence-electron chi connectivity index (χ3n) is 3.75. The lowest BCUT2D eigenvalue weighted by Crippen LogP contribution is -2.38. The summed E-state index contributed by atoms with van der Waals surface area (Å²) in [5, 5.41) is 10.8. The normalized spacial score (nSPS) is 11.4. The molecular formula is C16H33IN6. The third kappa shape index (κ3) is 9.14. The highest BCUT2D eigenvalue weighted by Gasteiger charge is 2.01. The molecule has 0 amide bonds. The van der Waals surface area contributed by atoms with E-state index in [2.05, 4.69) is 46.4 Å². The van der Waals surface area contributed by atoms with Crippen molar-refractivity contribution in [3.63, 3.8) is 0 Å². The van der Waals surface area contributed by atoms with Crippen molar-refractivity contribution >= 4 is 29.9 Å². The molecule has 0 unspecified atom stereocenters. The van der Waals surface area contributed by atoms with E-state index in [0.29, 0.717) is 6.54 Å². The average molecular weight is 436 g/mol. The number of aromatic nitrogens is 2. The Balaban J connectivity index is 0.00000484. The molecule has 134 valence electrons. The van der Waals surface area contributed by atoms with Crippen LogP contribution in [0.3, 0.4) is 0 Å². The van der Waals surface area contributed by atoms with Crippen LogP contribution in [0.4, 0.5) is 0 Å². The fourth-order valence-corrected chi connectivity index (χ4v) is 2.27. The van der Waals surface area contributed by atoms with Gasteiger partial charge in [0.1, 0.15) is 0 Å². The van der Waals surface area contributed by atoms with E-state index >= 15 is 0 Å².